The molecule has 1 saturated carbocycles. The number of aliphatic hydroxyl groups is 1. The van der Waals surface area contributed by atoms with Crippen LogP contribution in [0.25, 0.3) is 0 Å². The second-order valence-corrected chi connectivity index (χ2v) is 4.92. The van der Waals surface area contributed by atoms with E-state index in [1.54, 1.807) is 24.3 Å². The highest BCUT2D eigenvalue weighted by Gasteiger charge is 2.27. The number of aliphatic hydroxyl groups excluding tert-OH is 1. The predicted molar refractivity (Wildman–Crippen MR) is 68.7 cm³/mol. The van der Waals surface area contributed by atoms with Gasteiger partial charge in [-0.15, -0.1) is 0 Å². The first-order chi connectivity index (χ1) is 8.65. The van der Waals surface area contributed by atoms with Gasteiger partial charge in [0.15, 0.2) is 6.61 Å². The van der Waals surface area contributed by atoms with E-state index in [4.69, 9.17) is 21.4 Å². The van der Waals surface area contributed by atoms with Gasteiger partial charge in [-0.1, -0.05) is 23.7 Å². The lowest BCUT2D eigenvalue weighted by atomic mass is 9.82. The number of rotatable bonds is 5. The molecular formula is C13H16ClNO3. The zero-order valence-electron chi connectivity index (χ0n) is 9.93. The molecule has 2 rings (SSSR count). The third kappa shape index (κ3) is 3.62. The molecule has 0 spiro atoms. The van der Waals surface area contributed by atoms with Gasteiger partial charge in [0.25, 0.3) is 5.91 Å². The first kappa shape index (κ1) is 13.2. The highest BCUT2D eigenvalue weighted by molar-refractivity contribution is 6.32. The van der Waals surface area contributed by atoms with E-state index in [9.17, 15) is 4.79 Å². The summed E-state index contributed by atoms with van der Waals surface area (Å²) in [4.78, 5) is 11.5. The standard InChI is InChI=1S/C13H16ClNO3/c14-11-3-1-2-4-12(11)18-8-13(17)15-7-9-5-10(16)6-9/h1-4,9-10,16H,5-8H2,(H,15,17). The molecule has 1 amide bonds. The number of carbonyl (C=O) groups is 1. The monoisotopic (exact) mass is 269 g/mol. The first-order valence-electron chi connectivity index (χ1n) is 5.97. The Morgan fingerprint density at radius 3 is 2.83 bits per heavy atom. The summed E-state index contributed by atoms with van der Waals surface area (Å²) in [7, 11) is 0. The molecule has 0 bridgehead atoms. The second-order valence-electron chi connectivity index (χ2n) is 4.51. The smallest absolute Gasteiger partial charge is 0.257 e. The molecule has 0 aliphatic heterocycles. The highest BCUT2D eigenvalue weighted by Crippen LogP contribution is 2.26. The molecule has 0 heterocycles. The van der Waals surface area contributed by atoms with Crippen molar-refractivity contribution in [3.63, 3.8) is 0 Å². The number of nitrogens with one attached hydrogen (secondary N) is 1. The maximum atomic E-state index is 11.5. The van der Waals surface area contributed by atoms with Crippen LogP contribution < -0.4 is 10.1 Å². The number of halogens is 1. The van der Waals surface area contributed by atoms with Crippen LogP contribution >= 0.6 is 11.6 Å². The summed E-state index contributed by atoms with van der Waals surface area (Å²) < 4.78 is 5.31. The van der Waals surface area contributed by atoms with E-state index < -0.39 is 0 Å². The number of hydrogen-bond acceptors (Lipinski definition) is 3. The largest absolute Gasteiger partial charge is 0.482 e. The fourth-order valence-electron chi connectivity index (χ4n) is 1.88. The van der Waals surface area contributed by atoms with Crippen molar-refractivity contribution < 1.29 is 14.6 Å². The molecule has 98 valence electrons. The molecule has 0 saturated heterocycles. The van der Waals surface area contributed by atoms with Crippen molar-refractivity contribution in [3.05, 3.63) is 29.3 Å². The van der Waals surface area contributed by atoms with E-state index in [1.165, 1.54) is 0 Å². The van der Waals surface area contributed by atoms with Gasteiger partial charge in [0, 0.05) is 6.54 Å². The minimum atomic E-state index is -0.189. The van der Waals surface area contributed by atoms with Crippen LogP contribution in [0.2, 0.25) is 5.02 Å². The lowest BCUT2D eigenvalue weighted by Crippen LogP contribution is -2.39. The SMILES string of the molecule is O=C(COc1ccccc1Cl)NCC1CC(O)C1. The Labute approximate surface area is 111 Å². The maximum Gasteiger partial charge on any atom is 0.257 e. The molecule has 0 aromatic heterocycles. The number of ether oxygens (including phenoxy) is 1. The predicted octanol–water partition coefficient (Wildman–Crippen LogP) is 1.61. The van der Waals surface area contributed by atoms with Crippen LogP contribution in [-0.2, 0) is 4.79 Å². The molecule has 18 heavy (non-hydrogen) atoms. The quantitative estimate of drug-likeness (QED) is 0.854. The molecule has 5 heteroatoms. The zero-order chi connectivity index (χ0) is 13.0. The third-order valence-corrected chi connectivity index (χ3v) is 3.31. The third-order valence-electron chi connectivity index (χ3n) is 2.99. The summed E-state index contributed by atoms with van der Waals surface area (Å²) in [6.45, 7) is 0.556. The van der Waals surface area contributed by atoms with Crippen molar-refractivity contribution >= 4 is 17.5 Å². The van der Waals surface area contributed by atoms with Crippen molar-refractivity contribution in [1.29, 1.82) is 0 Å². The topological polar surface area (TPSA) is 58.6 Å². The summed E-state index contributed by atoms with van der Waals surface area (Å²) >= 11 is 5.90. The molecule has 0 radical (unpaired) electrons. The first-order valence-corrected chi connectivity index (χ1v) is 6.35. The summed E-state index contributed by atoms with van der Waals surface area (Å²) in [5, 5.41) is 12.4. The number of para-hydroxylation sites is 1. The minimum absolute atomic E-state index is 0.0427. The molecule has 1 aromatic rings. The lowest BCUT2D eigenvalue weighted by molar-refractivity contribution is -0.123. The van der Waals surface area contributed by atoms with E-state index >= 15 is 0 Å². The van der Waals surface area contributed by atoms with Crippen molar-refractivity contribution in [3.8, 4) is 5.75 Å². The fraction of sp³-hybridized carbons (Fsp3) is 0.462. The van der Waals surface area contributed by atoms with Crippen LogP contribution in [0.3, 0.4) is 0 Å². The van der Waals surface area contributed by atoms with Crippen LogP contribution in [0.1, 0.15) is 12.8 Å². The lowest BCUT2D eigenvalue weighted by Gasteiger charge is -2.31. The fourth-order valence-corrected chi connectivity index (χ4v) is 2.07. The van der Waals surface area contributed by atoms with Gasteiger partial charge in [0.05, 0.1) is 11.1 Å². The summed E-state index contributed by atoms with van der Waals surface area (Å²) in [5.41, 5.74) is 0. The number of carbonyl (C=O) groups excluding carboxylic acids is 1. The molecule has 4 nitrogen and oxygen atoms in total. The molecule has 0 atom stereocenters. The van der Waals surface area contributed by atoms with Gasteiger partial charge in [-0.3, -0.25) is 4.79 Å². The van der Waals surface area contributed by atoms with Gasteiger partial charge < -0.3 is 15.2 Å². The van der Waals surface area contributed by atoms with E-state index in [2.05, 4.69) is 5.32 Å². The zero-order valence-corrected chi connectivity index (χ0v) is 10.7. The second kappa shape index (κ2) is 6.07. The molecular weight excluding hydrogens is 254 g/mol. The van der Waals surface area contributed by atoms with Crippen molar-refractivity contribution in [2.75, 3.05) is 13.2 Å². The van der Waals surface area contributed by atoms with Gasteiger partial charge in [-0.25, -0.2) is 0 Å². The van der Waals surface area contributed by atoms with Gasteiger partial charge in [-0.2, -0.15) is 0 Å². The Morgan fingerprint density at radius 1 is 1.44 bits per heavy atom. The Balaban J connectivity index is 1.67. The number of amides is 1. The highest BCUT2D eigenvalue weighted by atomic mass is 35.5. The molecule has 2 N–H and O–H groups in total. The normalized spacial score (nSPS) is 22.1. The number of hydrogen-bond donors (Lipinski definition) is 2. The van der Waals surface area contributed by atoms with Crippen LogP contribution in [0, 0.1) is 5.92 Å². The molecule has 0 unspecified atom stereocenters. The molecule has 1 aliphatic carbocycles. The van der Waals surface area contributed by atoms with E-state index in [-0.39, 0.29) is 18.6 Å². The van der Waals surface area contributed by atoms with Crippen LogP contribution in [0.15, 0.2) is 24.3 Å². The molecule has 1 fully saturated rings. The van der Waals surface area contributed by atoms with Crippen molar-refractivity contribution in [2.24, 2.45) is 5.92 Å². The van der Waals surface area contributed by atoms with Gasteiger partial charge in [0.1, 0.15) is 5.75 Å². The van der Waals surface area contributed by atoms with Gasteiger partial charge >= 0.3 is 0 Å². The Morgan fingerprint density at radius 2 is 2.17 bits per heavy atom. The van der Waals surface area contributed by atoms with Gasteiger partial charge in [0.2, 0.25) is 0 Å². The van der Waals surface area contributed by atoms with E-state index in [0.29, 0.717) is 23.2 Å². The van der Waals surface area contributed by atoms with Crippen LogP contribution in [-0.4, -0.2) is 30.3 Å². The van der Waals surface area contributed by atoms with E-state index in [1.807, 2.05) is 0 Å². The van der Waals surface area contributed by atoms with E-state index in [0.717, 1.165) is 12.8 Å². The summed E-state index contributed by atoms with van der Waals surface area (Å²) in [6, 6.07) is 7.04. The summed E-state index contributed by atoms with van der Waals surface area (Å²) in [6.07, 6.45) is 1.35. The van der Waals surface area contributed by atoms with Crippen molar-refractivity contribution in [2.45, 2.75) is 18.9 Å². The Kier molecular flexibility index (Phi) is 4.44. The average molecular weight is 270 g/mol. The van der Waals surface area contributed by atoms with Crippen LogP contribution in [0.5, 0.6) is 5.75 Å². The minimum Gasteiger partial charge on any atom is -0.482 e. The summed E-state index contributed by atoms with van der Waals surface area (Å²) in [5.74, 6) is 0.731. The Bertz CT molecular complexity index is 418. The average Bonchev–Trinajstić information content (AvgIpc) is 2.32. The van der Waals surface area contributed by atoms with Gasteiger partial charge in [-0.05, 0) is 30.9 Å². The van der Waals surface area contributed by atoms with Crippen LogP contribution in [0.4, 0.5) is 0 Å². The Hall–Kier alpha value is -1.26. The van der Waals surface area contributed by atoms with Crippen molar-refractivity contribution in [1.82, 2.24) is 5.32 Å². The number of benzene rings is 1. The molecule has 1 aliphatic rings. The molecule has 1 aromatic carbocycles. The maximum absolute atomic E-state index is 11.5.